The molecule has 58 valence electrons. The summed E-state index contributed by atoms with van der Waals surface area (Å²) in [7, 11) is 5.72. The summed E-state index contributed by atoms with van der Waals surface area (Å²) >= 11 is 0. The van der Waals surface area contributed by atoms with E-state index in [2.05, 4.69) is 27.4 Å². The molecule has 1 nitrogen and oxygen atoms in total. The van der Waals surface area contributed by atoms with Gasteiger partial charge in [-0.2, -0.15) is 0 Å². The Labute approximate surface area is 64.7 Å². The van der Waals surface area contributed by atoms with Gasteiger partial charge in [-0.3, -0.25) is 4.90 Å². The van der Waals surface area contributed by atoms with Crippen LogP contribution in [0.3, 0.4) is 0 Å². The lowest BCUT2D eigenvalue weighted by molar-refractivity contribution is 0.205. The summed E-state index contributed by atoms with van der Waals surface area (Å²) in [6.45, 7) is 10.8. The lowest BCUT2D eigenvalue weighted by atomic mass is 10.1. The largest absolute Gasteiger partial charge is 0.292 e. The van der Waals surface area contributed by atoms with Crippen molar-refractivity contribution in [1.29, 1.82) is 0 Å². The molecule has 0 saturated heterocycles. The van der Waals surface area contributed by atoms with E-state index in [0.29, 0.717) is 0 Å². The standard InChI is InChI=1S/C9H17N/c1-6-7-8-10(5)9(2,3)4/h5-6H,1,7-8H2,2-4H3. The highest BCUT2D eigenvalue weighted by Gasteiger charge is 2.15. The normalized spacial score (nSPS) is 12.1. The van der Waals surface area contributed by atoms with Crippen molar-refractivity contribution >= 4 is 0 Å². The van der Waals surface area contributed by atoms with Crippen molar-refractivity contribution in [3.63, 3.8) is 0 Å². The Kier molecular flexibility index (Phi) is 3.66. The Balaban J connectivity index is 3.61. The SMILES string of the molecule is [CH]N(CCC=C)C(C)(C)C. The van der Waals surface area contributed by atoms with Crippen LogP contribution >= 0.6 is 0 Å². The molecule has 0 amide bonds. The highest BCUT2D eigenvalue weighted by molar-refractivity contribution is 4.78. The summed E-state index contributed by atoms with van der Waals surface area (Å²) in [5.41, 5.74) is 0.0724. The molecular weight excluding hydrogens is 122 g/mol. The van der Waals surface area contributed by atoms with Crippen molar-refractivity contribution in [1.82, 2.24) is 4.90 Å². The van der Waals surface area contributed by atoms with E-state index in [1.54, 1.807) is 0 Å². The first-order valence-electron chi connectivity index (χ1n) is 3.61. The zero-order chi connectivity index (χ0) is 8.20. The minimum Gasteiger partial charge on any atom is -0.292 e. The van der Waals surface area contributed by atoms with Gasteiger partial charge in [-0.1, -0.05) is 6.08 Å². The third-order valence-electron chi connectivity index (χ3n) is 1.44. The molecule has 0 fully saturated rings. The van der Waals surface area contributed by atoms with Crippen LogP contribution in [0.4, 0.5) is 0 Å². The molecule has 0 aromatic carbocycles. The predicted molar refractivity (Wildman–Crippen MR) is 45.6 cm³/mol. The fraction of sp³-hybridized carbons (Fsp3) is 0.667. The van der Waals surface area contributed by atoms with E-state index in [1.807, 2.05) is 11.0 Å². The molecule has 0 aliphatic carbocycles. The van der Waals surface area contributed by atoms with Crippen LogP contribution in [0.15, 0.2) is 12.7 Å². The average Bonchev–Trinajstić information content (AvgIpc) is 1.80. The van der Waals surface area contributed by atoms with Crippen LogP contribution in [0.2, 0.25) is 0 Å². The number of nitrogens with zero attached hydrogens (tertiary/aromatic N) is 1. The highest BCUT2D eigenvalue weighted by Crippen LogP contribution is 2.11. The van der Waals surface area contributed by atoms with Crippen LogP contribution in [-0.4, -0.2) is 17.0 Å². The molecule has 0 N–H and O–H groups in total. The predicted octanol–water partition coefficient (Wildman–Crippen LogP) is 2.33. The van der Waals surface area contributed by atoms with Crippen LogP contribution < -0.4 is 0 Å². The molecule has 0 aliphatic rings. The van der Waals surface area contributed by atoms with E-state index in [4.69, 9.17) is 7.05 Å². The quantitative estimate of drug-likeness (QED) is 0.428. The zero-order valence-electron chi connectivity index (χ0n) is 7.22. The molecule has 0 saturated carbocycles. The zero-order valence-corrected chi connectivity index (χ0v) is 7.22. The number of rotatable bonds is 3. The summed E-state index contributed by atoms with van der Waals surface area (Å²) in [5.74, 6) is 0. The minimum atomic E-state index is 0.0724. The van der Waals surface area contributed by atoms with E-state index in [1.165, 1.54) is 0 Å². The molecule has 1 heteroatoms. The average molecular weight is 139 g/mol. The smallest absolute Gasteiger partial charge is 0.0444 e. The first-order valence-corrected chi connectivity index (χ1v) is 3.61. The second kappa shape index (κ2) is 3.77. The van der Waals surface area contributed by atoms with Crippen molar-refractivity contribution in [2.45, 2.75) is 32.7 Å². The molecule has 0 aliphatic heterocycles. The molecule has 0 bridgehead atoms. The van der Waals surface area contributed by atoms with Gasteiger partial charge in [0.25, 0.3) is 0 Å². The molecule has 0 atom stereocenters. The van der Waals surface area contributed by atoms with Gasteiger partial charge in [0.05, 0.1) is 0 Å². The van der Waals surface area contributed by atoms with Gasteiger partial charge in [0.15, 0.2) is 0 Å². The summed E-state index contributed by atoms with van der Waals surface area (Å²) in [5, 5.41) is 0. The fourth-order valence-electron chi connectivity index (χ4n) is 0.566. The maximum atomic E-state index is 5.72. The fourth-order valence-corrected chi connectivity index (χ4v) is 0.566. The molecule has 0 aromatic rings. The third-order valence-corrected chi connectivity index (χ3v) is 1.44. The molecule has 0 unspecified atom stereocenters. The molecule has 10 heavy (non-hydrogen) atoms. The molecule has 0 heterocycles. The Morgan fingerprint density at radius 2 is 2.00 bits per heavy atom. The maximum Gasteiger partial charge on any atom is 0.0444 e. The summed E-state index contributed by atoms with van der Waals surface area (Å²) < 4.78 is 0. The van der Waals surface area contributed by atoms with E-state index in [-0.39, 0.29) is 5.54 Å². The Morgan fingerprint density at radius 1 is 1.50 bits per heavy atom. The molecule has 0 aromatic heterocycles. The monoisotopic (exact) mass is 139 g/mol. The first-order chi connectivity index (χ1) is 4.48. The number of hydrogen-bond acceptors (Lipinski definition) is 1. The van der Waals surface area contributed by atoms with E-state index < -0.39 is 0 Å². The molecule has 2 radical (unpaired) electrons. The minimum absolute atomic E-state index is 0.0724. The second-order valence-corrected chi connectivity index (χ2v) is 3.44. The highest BCUT2D eigenvalue weighted by atomic mass is 15.1. The van der Waals surface area contributed by atoms with Crippen molar-refractivity contribution in [3.8, 4) is 0 Å². The van der Waals surface area contributed by atoms with Crippen LogP contribution in [0, 0.1) is 7.05 Å². The first kappa shape index (κ1) is 9.70. The maximum absolute atomic E-state index is 5.72. The lowest BCUT2D eigenvalue weighted by Crippen LogP contribution is -2.36. The van der Waals surface area contributed by atoms with Gasteiger partial charge in [-0.15, -0.1) is 6.58 Å². The van der Waals surface area contributed by atoms with Gasteiger partial charge in [0.2, 0.25) is 0 Å². The summed E-state index contributed by atoms with van der Waals surface area (Å²) in [6.07, 6.45) is 2.83. The van der Waals surface area contributed by atoms with Crippen LogP contribution in [0.5, 0.6) is 0 Å². The van der Waals surface area contributed by atoms with Gasteiger partial charge in [0, 0.05) is 19.1 Å². The molecular formula is C9H17N. The van der Waals surface area contributed by atoms with Gasteiger partial charge in [-0.25, -0.2) is 0 Å². The van der Waals surface area contributed by atoms with E-state index >= 15 is 0 Å². The lowest BCUT2D eigenvalue weighted by Gasteiger charge is -2.30. The Morgan fingerprint density at radius 3 is 2.30 bits per heavy atom. The Bertz CT molecular complexity index is 99.8. The van der Waals surface area contributed by atoms with Gasteiger partial charge >= 0.3 is 0 Å². The van der Waals surface area contributed by atoms with Crippen molar-refractivity contribution in [2.75, 3.05) is 6.54 Å². The topological polar surface area (TPSA) is 3.24 Å². The third kappa shape index (κ3) is 3.67. The molecule has 0 spiro atoms. The van der Waals surface area contributed by atoms with Crippen molar-refractivity contribution in [2.24, 2.45) is 0 Å². The summed E-state index contributed by atoms with van der Waals surface area (Å²) in [6, 6.07) is 0. The van der Waals surface area contributed by atoms with Gasteiger partial charge < -0.3 is 0 Å². The molecule has 0 rings (SSSR count). The number of hydrogen-bond donors (Lipinski definition) is 0. The van der Waals surface area contributed by atoms with E-state index in [0.717, 1.165) is 13.0 Å². The van der Waals surface area contributed by atoms with Crippen LogP contribution in [0.1, 0.15) is 27.2 Å². The van der Waals surface area contributed by atoms with Gasteiger partial charge in [-0.05, 0) is 27.2 Å². The summed E-state index contributed by atoms with van der Waals surface area (Å²) in [4.78, 5) is 1.83. The van der Waals surface area contributed by atoms with Gasteiger partial charge in [0.1, 0.15) is 0 Å². The van der Waals surface area contributed by atoms with E-state index in [9.17, 15) is 0 Å². The van der Waals surface area contributed by atoms with Crippen LogP contribution in [-0.2, 0) is 0 Å². The second-order valence-electron chi connectivity index (χ2n) is 3.44. The van der Waals surface area contributed by atoms with Crippen molar-refractivity contribution in [3.05, 3.63) is 19.7 Å². The van der Waals surface area contributed by atoms with Crippen molar-refractivity contribution < 1.29 is 0 Å². The Hall–Kier alpha value is -0.300. The van der Waals surface area contributed by atoms with Crippen LogP contribution in [0.25, 0.3) is 0 Å².